The molecule has 0 amide bonds. The fourth-order valence-electron chi connectivity index (χ4n) is 3.48. The first-order chi connectivity index (χ1) is 13.7. The highest BCUT2D eigenvalue weighted by Crippen LogP contribution is 2.28. The number of hydrogen-bond donors (Lipinski definition) is 1. The molecule has 1 N–H and O–H groups in total. The SMILES string of the molecule is COc1ccc(CN(C)Cc2c(-c3ccccc3)nc3ccccn23)cc1O. The van der Waals surface area contributed by atoms with E-state index in [-0.39, 0.29) is 5.75 Å². The molecule has 2 aromatic heterocycles. The molecule has 0 unspecified atom stereocenters. The molecule has 0 spiro atoms. The third kappa shape index (κ3) is 3.57. The number of rotatable bonds is 6. The standard InChI is InChI=1S/C23H23N3O2/c1-25(15-17-11-12-21(28-2)20(27)14-17)16-19-23(18-8-4-3-5-9-18)24-22-10-6-7-13-26(19)22/h3-14,27H,15-16H2,1-2H3. The highest BCUT2D eigenvalue weighted by molar-refractivity contribution is 5.66. The molecule has 2 aromatic carbocycles. The van der Waals surface area contributed by atoms with Gasteiger partial charge in [-0.1, -0.05) is 42.5 Å². The van der Waals surface area contributed by atoms with E-state index in [1.807, 2.05) is 42.5 Å². The van der Waals surface area contributed by atoms with Crippen molar-refractivity contribution in [2.24, 2.45) is 0 Å². The zero-order valence-corrected chi connectivity index (χ0v) is 16.0. The Morgan fingerprint density at radius 2 is 1.79 bits per heavy atom. The zero-order valence-electron chi connectivity index (χ0n) is 16.0. The van der Waals surface area contributed by atoms with E-state index in [1.165, 1.54) is 0 Å². The number of imidazole rings is 1. The van der Waals surface area contributed by atoms with Gasteiger partial charge in [0.05, 0.1) is 18.5 Å². The molecule has 4 rings (SSSR count). The number of ether oxygens (including phenoxy) is 1. The molecule has 5 heteroatoms. The van der Waals surface area contributed by atoms with Gasteiger partial charge in [0.25, 0.3) is 0 Å². The van der Waals surface area contributed by atoms with Gasteiger partial charge in [-0.3, -0.25) is 4.90 Å². The zero-order chi connectivity index (χ0) is 19.5. The summed E-state index contributed by atoms with van der Waals surface area (Å²) in [4.78, 5) is 7.07. The minimum atomic E-state index is 0.160. The van der Waals surface area contributed by atoms with Gasteiger partial charge in [-0.2, -0.15) is 0 Å². The minimum Gasteiger partial charge on any atom is -0.504 e. The number of aromatic hydroxyl groups is 1. The lowest BCUT2D eigenvalue weighted by Gasteiger charge is -2.18. The molecule has 0 bridgehead atoms. The number of methoxy groups -OCH3 is 1. The normalized spacial score (nSPS) is 11.2. The summed E-state index contributed by atoms with van der Waals surface area (Å²) < 4.78 is 7.27. The number of nitrogens with zero attached hydrogens (tertiary/aromatic N) is 3. The molecule has 0 aliphatic carbocycles. The van der Waals surface area contributed by atoms with E-state index < -0.39 is 0 Å². The second-order valence-electron chi connectivity index (χ2n) is 6.88. The number of benzene rings is 2. The molecule has 0 atom stereocenters. The van der Waals surface area contributed by atoms with Crippen LogP contribution in [0.5, 0.6) is 11.5 Å². The van der Waals surface area contributed by atoms with Gasteiger partial charge in [0.15, 0.2) is 11.5 Å². The van der Waals surface area contributed by atoms with Gasteiger partial charge in [-0.15, -0.1) is 0 Å². The van der Waals surface area contributed by atoms with E-state index in [2.05, 4.69) is 34.7 Å². The van der Waals surface area contributed by atoms with Crippen molar-refractivity contribution in [3.05, 3.63) is 84.2 Å². The van der Waals surface area contributed by atoms with Crippen LogP contribution in [-0.4, -0.2) is 33.5 Å². The van der Waals surface area contributed by atoms with Crippen LogP contribution in [0.4, 0.5) is 0 Å². The van der Waals surface area contributed by atoms with Crippen LogP contribution < -0.4 is 4.74 Å². The quantitative estimate of drug-likeness (QED) is 0.546. The van der Waals surface area contributed by atoms with Crippen LogP contribution >= 0.6 is 0 Å². The lowest BCUT2D eigenvalue weighted by Crippen LogP contribution is -2.18. The second kappa shape index (κ2) is 7.74. The maximum absolute atomic E-state index is 10.0. The molecule has 0 aliphatic rings. The Kier molecular flexibility index (Phi) is 5.00. The number of fused-ring (bicyclic) bond motifs is 1. The summed E-state index contributed by atoms with van der Waals surface area (Å²) in [5.74, 6) is 0.646. The van der Waals surface area contributed by atoms with Gasteiger partial charge in [-0.25, -0.2) is 4.98 Å². The van der Waals surface area contributed by atoms with Crippen molar-refractivity contribution in [3.8, 4) is 22.8 Å². The first-order valence-corrected chi connectivity index (χ1v) is 9.21. The number of phenols is 1. The number of aromatic nitrogens is 2. The van der Waals surface area contributed by atoms with Gasteiger partial charge in [0.1, 0.15) is 5.65 Å². The summed E-state index contributed by atoms with van der Waals surface area (Å²) in [7, 11) is 3.62. The monoisotopic (exact) mass is 373 g/mol. The van der Waals surface area contributed by atoms with Crippen molar-refractivity contribution in [2.45, 2.75) is 13.1 Å². The Morgan fingerprint density at radius 3 is 2.54 bits per heavy atom. The predicted octanol–water partition coefficient (Wildman–Crippen LogP) is 4.35. The van der Waals surface area contributed by atoms with Crippen LogP contribution in [0.25, 0.3) is 16.9 Å². The topological polar surface area (TPSA) is 50.0 Å². The van der Waals surface area contributed by atoms with Crippen LogP contribution in [-0.2, 0) is 13.1 Å². The van der Waals surface area contributed by atoms with Crippen LogP contribution in [0, 0.1) is 0 Å². The van der Waals surface area contributed by atoms with Gasteiger partial charge < -0.3 is 14.2 Å². The molecule has 4 aromatic rings. The smallest absolute Gasteiger partial charge is 0.160 e. The molecule has 0 aliphatic heterocycles. The maximum atomic E-state index is 10.0. The average molecular weight is 373 g/mol. The molecule has 5 nitrogen and oxygen atoms in total. The summed E-state index contributed by atoms with van der Waals surface area (Å²) in [6, 6.07) is 21.8. The summed E-state index contributed by atoms with van der Waals surface area (Å²) in [5.41, 5.74) is 5.21. The fraction of sp³-hybridized carbons (Fsp3) is 0.174. The lowest BCUT2D eigenvalue weighted by atomic mass is 10.1. The van der Waals surface area contributed by atoms with Crippen molar-refractivity contribution in [1.82, 2.24) is 14.3 Å². The Morgan fingerprint density at radius 1 is 1.00 bits per heavy atom. The van der Waals surface area contributed by atoms with E-state index in [0.29, 0.717) is 12.3 Å². The van der Waals surface area contributed by atoms with Crippen molar-refractivity contribution in [1.29, 1.82) is 0 Å². The average Bonchev–Trinajstić information content (AvgIpc) is 3.07. The highest BCUT2D eigenvalue weighted by Gasteiger charge is 2.16. The first kappa shape index (κ1) is 18.1. The Bertz CT molecular complexity index is 1090. The van der Waals surface area contributed by atoms with Crippen molar-refractivity contribution in [2.75, 3.05) is 14.2 Å². The van der Waals surface area contributed by atoms with Crippen LogP contribution in [0.1, 0.15) is 11.3 Å². The van der Waals surface area contributed by atoms with Crippen LogP contribution in [0.3, 0.4) is 0 Å². The van der Waals surface area contributed by atoms with Crippen molar-refractivity contribution < 1.29 is 9.84 Å². The van der Waals surface area contributed by atoms with Crippen molar-refractivity contribution >= 4 is 5.65 Å². The summed E-state index contributed by atoms with van der Waals surface area (Å²) in [6.45, 7) is 1.42. The number of hydrogen-bond acceptors (Lipinski definition) is 4. The van der Waals surface area contributed by atoms with Gasteiger partial charge >= 0.3 is 0 Å². The van der Waals surface area contributed by atoms with E-state index >= 15 is 0 Å². The molecule has 0 radical (unpaired) electrons. The number of pyridine rings is 1. The molecule has 2 heterocycles. The Hall–Kier alpha value is -3.31. The first-order valence-electron chi connectivity index (χ1n) is 9.21. The Labute approximate surface area is 164 Å². The van der Waals surface area contributed by atoms with E-state index in [9.17, 15) is 5.11 Å². The van der Waals surface area contributed by atoms with E-state index in [4.69, 9.17) is 9.72 Å². The largest absolute Gasteiger partial charge is 0.504 e. The van der Waals surface area contributed by atoms with E-state index in [0.717, 1.165) is 34.7 Å². The molecule has 142 valence electrons. The molecule has 0 saturated carbocycles. The molecule has 0 fully saturated rings. The molecular weight excluding hydrogens is 350 g/mol. The highest BCUT2D eigenvalue weighted by atomic mass is 16.5. The Balaban J connectivity index is 1.64. The minimum absolute atomic E-state index is 0.160. The second-order valence-corrected chi connectivity index (χ2v) is 6.88. The third-order valence-electron chi connectivity index (χ3n) is 4.79. The van der Waals surface area contributed by atoms with Crippen LogP contribution in [0.15, 0.2) is 72.9 Å². The van der Waals surface area contributed by atoms with Crippen LogP contribution in [0.2, 0.25) is 0 Å². The van der Waals surface area contributed by atoms with Crippen molar-refractivity contribution in [3.63, 3.8) is 0 Å². The van der Waals surface area contributed by atoms with Gasteiger partial charge in [0, 0.05) is 24.8 Å². The number of phenolic OH excluding ortho intramolecular Hbond substituents is 1. The van der Waals surface area contributed by atoms with Gasteiger partial charge in [-0.05, 0) is 36.9 Å². The lowest BCUT2D eigenvalue weighted by molar-refractivity contribution is 0.313. The fourth-order valence-corrected chi connectivity index (χ4v) is 3.48. The molecule has 0 saturated heterocycles. The summed E-state index contributed by atoms with van der Waals surface area (Å²) in [6.07, 6.45) is 2.05. The van der Waals surface area contributed by atoms with E-state index in [1.54, 1.807) is 19.2 Å². The maximum Gasteiger partial charge on any atom is 0.160 e. The predicted molar refractivity (Wildman–Crippen MR) is 110 cm³/mol. The molecular formula is C23H23N3O2. The third-order valence-corrected chi connectivity index (χ3v) is 4.79. The van der Waals surface area contributed by atoms with Gasteiger partial charge in [0.2, 0.25) is 0 Å². The molecule has 28 heavy (non-hydrogen) atoms. The summed E-state index contributed by atoms with van der Waals surface area (Å²) >= 11 is 0. The summed E-state index contributed by atoms with van der Waals surface area (Å²) in [5, 5.41) is 10.0.